The lowest BCUT2D eigenvalue weighted by Crippen LogP contribution is -2.30. The minimum Gasteiger partial charge on any atom is -0.467 e. The molecular formula is C25H16N6O5. The van der Waals surface area contributed by atoms with Crippen LogP contribution in [0.25, 0.3) is 16.7 Å². The van der Waals surface area contributed by atoms with E-state index in [1.165, 1.54) is 39.5 Å². The molecule has 0 fully saturated rings. The van der Waals surface area contributed by atoms with E-state index in [4.69, 9.17) is 4.42 Å². The smallest absolute Gasteiger partial charge is 0.279 e. The Morgan fingerprint density at radius 2 is 2.03 bits per heavy atom. The van der Waals surface area contributed by atoms with Crippen LogP contribution >= 0.6 is 0 Å². The number of carbonyl (C=O) groups is 1. The Labute approximate surface area is 202 Å². The summed E-state index contributed by atoms with van der Waals surface area (Å²) in [6, 6.07) is 15.4. The van der Waals surface area contributed by atoms with E-state index in [2.05, 4.69) is 9.98 Å². The number of hydrogen-bond acceptors (Lipinski definition) is 7. The summed E-state index contributed by atoms with van der Waals surface area (Å²) in [5.74, 6) is -0.321. The number of aryl methyl sites for hydroxylation is 1. The van der Waals surface area contributed by atoms with Crippen LogP contribution in [0.2, 0.25) is 0 Å². The molecule has 0 aliphatic rings. The lowest BCUT2D eigenvalue weighted by Gasteiger charge is -2.13. The monoisotopic (exact) mass is 480 g/mol. The normalized spacial score (nSPS) is 11.6. The van der Waals surface area contributed by atoms with E-state index in [-0.39, 0.29) is 45.4 Å². The third-order valence-electron chi connectivity index (χ3n) is 5.63. The Balaban J connectivity index is 1.86. The molecule has 0 atom stereocenters. The lowest BCUT2D eigenvalue weighted by atomic mass is 10.2. The summed E-state index contributed by atoms with van der Waals surface area (Å²) in [5.41, 5.74) is 0.577. The Kier molecular flexibility index (Phi) is 5.46. The highest BCUT2D eigenvalue weighted by molar-refractivity contribution is 5.95. The van der Waals surface area contributed by atoms with E-state index in [0.717, 1.165) is 11.6 Å². The second-order valence-electron chi connectivity index (χ2n) is 7.92. The number of benzene rings is 1. The zero-order valence-electron chi connectivity index (χ0n) is 18.8. The number of rotatable bonds is 4. The van der Waals surface area contributed by atoms with Gasteiger partial charge in [-0.3, -0.25) is 24.1 Å². The van der Waals surface area contributed by atoms with Crippen molar-refractivity contribution in [2.45, 2.75) is 13.5 Å². The Morgan fingerprint density at radius 3 is 2.75 bits per heavy atom. The number of nitro groups is 1. The maximum Gasteiger partial charge on any atom is 0.279 e. The number of non-ortho nitro benzene ring substituents is 1. The summed E-state index contributed by atoms with van der Waals surface area (Å²) in [4.78, 5) is 45.8. The predicted octanol–water partition coefficient (Wildman–Crippen LogP) is 3.12. The van der Waals surface area contributed by atoms with E-state index in [0.29, 0.717) is 11.4 Å². The minimum absolute atomic E-state index is 0.0224. The van der Waals surface area contributed by atoms with E-state index < -0.39 is 10.8 Å². The molecule has 0 radical (unpaired) electrons. The molecule has 36 heavy (non-hydrogen) atoms. The van der Waals surface area contributed by atoms with Gasteiger partial charge in [-0.25, -0.2) is 4.98 Å². The molecule has 11 nitrogen and oxygen atoms in total. The van der Waals surface area contributed by atoms with Crippen molar-refractivity contribution < 1.29 is 14.1 Å². The van der Waals surface area contributed by atoms with Gasteiger partial charge in [0.1, 0.15) is 23.1 Å². The number of aromatic nitrogens is 3. The SMILES string of the molecule is Cc1cccn2c(=O)c3cc(C#N)c(=NC(=O)c4cccc([N+](=O)[O-])c4)n(Cc4ccco4)c3nc12. The van der Waals surface area contributed by atoms with E-state index >= 15 is 0 Å². The Morgan fingerprint density at radius 1 is 1.19 bits per heavy atom. The van der Waals surface area contributed by atoms with Crippen LogP contribution in [0.4, 0.5) is 5.69 Å². The van der Waals surface area contributed by atoms with Crippen molar-refractivity contribution in [2.24, 2.45) is 4.99 Å². The maximum atomic E-state index is 13.3. The molecule has 0 saturated heterocycles. The van der Waals surface area contributed by atoms with Gasteiger partial charge in [-0.05, 0) is 42.8 Å². The van der Waals surface area contributed by atoms with Gasteiger partial charge >= 0.3 is 0 Å². The van der Waals surface area contributed by atoms with Crippen LogP contribution in [0.5, 0.6) is 0 Å². The zero-order valence-corrected chi connectivity index (χ0v) is 18.8. The third kappa shape index (κ3) is 3.82. The number of nitriles is 1. The van der Waals surface area contributed by atoms with Crippen LogP contribution < -0.4 is 11.0 Å². The first kappa shape index (κ1) is 22.4. The van der Waals surface area contributed by atoms with Crippen molar-refractivity contribution in [3.63, 3.8) is 0 Å². The first-order valence-electron chi connectivity index (χ1n) is 10.7. The summed E-state index contributed by atoms with van der Waals surface area (Å²) in [7, 11) is 0. The largest absolute Gasteiger partial charge is 0.467 e. The third-order valence-corrected chi connectivity index (χ3v) is 5.63. The summed E-state index contributed by atoms with van der Waals surface area (Å²) >= 11 is 0. The molecule has 5 aromatic rings. The van der Waals surface area contributed by atoms with Crippen molar-refractivity contribution in [2.75, 3.05) is 0 Å². The molecule has 176 valence electrons. The van der Waals surface area contributed by atoms with Gasteiger partial charge in [0.05, 0.1) is 28.7 Å². The van der Waals surface area contributed by atoms with Gasteiger partial charge in [-0.1, -0.05) is 12.1 Å². The van der Waals surface area contributed by atoms with Crippen LogP contribution in [0.3, 0.4) is 0 Å². The highest BCUT2D eigenvalue weighted by Crippen LogP contribution is 2.16. The van der Waals surface area contributed by atoms with Crippen molar-refractivity contribution in [3.05, 3.63) is 115 Å². The fourth-order valence-corrected chi connectivity index (χ4v) is 3.91. The highest BCUT2D eigenvalue weighted by atomic mass is 16.6. The second kappa shape index (κ2) is 8.77. The van der Waals surface area contributed by atoms with Crippen LogP contribution in [0.15, 0.2) is 81.3 Å². The van der Waals surface area contributed by atoms with Crippen molar-refractivity contribution in [1.29, 1.82) is 5.26 Å². The molecule has 1 aromatic carbocycles. The number of nitrogens with zero attached hydrogens (tertiary/aromatic N) is 6. The molecule has 0 N–H and O–H groups in total. The predicted molar refractivity (Wildman–Crippen MR) is 127 cm³/mol. The summed E-state index contributed by atoms with van der Waals surface area (Å²) in [6.45, 7) is 1.83. The molecule has 0 bridgehead atoms. The van der Waals surface area contributed by atoms with Gasteiger partial charge in [0.2, 0.25) is 0 Å². The number of hydrogen-bond donors (Lipinski definition) is 0. The molecule has 0 unspecified atom stereocenters. The first-order chi connectivity index (χ1) is 17.4. The molecule has 0 aliphatic carbocycles. The average Bonchev–Trinajstić information content (AvgIpc) is 3.39. The number of nitro benzene ring substituents is 1. The van der Waals surface area contributed by atoms with Crippen molar-refractivity contribution in [1.82, 2.24) is 14.0 Å². The summed E-state index contributed by atoms with van der Waals surface area (Å²) < 4.78 is 8.33. The summed E-state index contributed by atoms with van der Waals surface area (Å²) in [5, 5.41) is 21.2. The number of pyridine rings is 2. The van der Waals surface area contributed by atoms with E-state index in [1.807, 2.05) is 19.1 Å². The molecule has 4 aromatic heterocycles. The molecule has 11 heteroatoms. The van der Waals surface area contributed by atoms with Gasteiger partial charge in [0, 0.05) is 23.9 Å². The highest BCUT2D eigenvalue weighted by Gasteiger charge is 2.18. The van der Waals surface area contributed by atoms with Crippen LogP contribution in [-0.4, -0.2) is 24.8 Å². The van der Waals surface area contributed by atoms with Crippen LogP contribution in [0.1, 0.15) is 27.2 Å². The van der Waals surface area contributed by atoms with Crippen LogP contribution in [-0.2, 0) is 6.54 Å². The Hall–Kier alpha value is -5.37. The van der Waals surface area contributed by atoms with Crippen molar-refractivity contribution >= 4 is 28.3 Å². The van der Waals surface area contributed by atoms with Gasteiger partial charge < -0.3 is 8.98 Å². The van der Waals surface area contributed by atoms with Gasteiger partial charge in [-0.2, -0.15) is 10.3 Å². The van der Waals surface area contributed by atoms with E-state index in [9.17, 15) is 25.0 Å². The Bertz CT molecular complexity index is 1860. The molecule has 1 amide bonds. The maximum absolute atomic E-state index is 13.3. The number of furan rings is 1. The second-order valence-corrected chi connectivity index (χ2v) is 7.92. The molecule has 0 spiro atoms. The molecule has 4 heterocycles. The summed E-state index contributed by atoms with van der Waals surface area (Å²) in [6.07, 6.45) is 3.06. The average molecular weight is 480 g/mol. The first-order valence-corrected chi connectivity index (χ1v) is 10.7. The molecule has 5 rings (SSSR count). The number of fused-ring (bicyclic) bond motifs is 2. The van der Waals surface area contributed by atoms with Crippen LogP contribution in [0, 0.1) is 28.4 Å². The fourth-order valence-electron chi connectivity index (χ4n) is 3.91. The molecular weight excluding hydrogens is 464 g/mol. The quantitative estimate of drug-likeness (QED) is 0.218. The molecule has 0 aliphatic heterocycles. The van der Waals surface area contributed by atoms with Gasteiger partial charge in [0.25, 0.3) is 17.2 Å². The topological polar surface area (TPSA) is 149 Å². The lowest BCUT2D eigenvalue weighted by molar-refractivity contribution is -0.384. The fraction of sp³-hybridized carbons (Fsp3) is 0.0800. The number of amides is 1. The zero-order chi connectivity index (χ0) is 25.4. The van der Waals surface area contributed by atoms with Gasteiger partial charge in [0.15, 0.2) is 5.49 Å². The minimum atomic E-state index is -0.795. The standard InChI is InChI=1S/C25H16N6O5/c1-15-5-3-9-29-21(15)27-23-20(25(29)33)12-17(13-26)22(30(23)14-19-8-4-10-36-19)28-24(32)16-6-2-7-18(11-16)31(34)35/h2-12H,14H2,1H3. The van der Waals surface area contributed by atoms with Gasteiger partial charge in [-0.15, -0.1) is 0 Å². The van der Waals surface area contributed by atoms with Crippen molar-refractivity contribution in [3.8, 4) is 6.07 Å². The number of carbonyl (C=O) groups excluding carboxylic acids is 1. The van der Waals surface area contributed by atoms with E-state index in [1.54, 1.807) is 24.4 Å². The molecule has 0 saturated carbocycles.